The van der Waals surface area contributed by atoms with Crippen LogP contribution in [0.5, 0.6) is 0 Å². The van der Waals surface area contributed by atoms with E-state index in [-0.39, 0.29) is 0 Å². The van der Waals surface area contributed by atoms with Crippen LogP contribution in [0.4, 0.5) is 5.69 Å². The quantitative estimate of drug-likeness (QED) is 0.932. The van der Waals surface area contributed by atoms with Gasteiger partial charge in [-0.1, -0.05) is 26.0 Å². The minimum Gasteiger partial charge on any atom is -0.385 e. The largest absolute Gasteiger partial charge is 0.385 e. The molecule has 0 bridgehead atoms. The van der Waals surface area contributed by atoms with Gasteiger partial charge in [-0.25, -0.2) is 9.67 Å². The number of nitrogens with zero attached hydrogens (tertiary/aromatic N) is 3. The van der Waals surface area contributed by atoms with Crippen LogP contribution in [0.2, 0.25) is 0 Å². The molecular formula is C16H22N4. The van der Waals surface area contributed by atoms with Crippen molar-refractivity contribution in [1.82, 2.24) is 14.8 Å². The number of anilines is 1. The molecular weight excluding hydrogens is 248 g/mol. The van der Waals surface area contributed by atoms with E-state index in [2.05, 4.69) is 42.5 Å². The smallest absolute Gasteiger partial charge is 0.158 e. The van der Waals surface area contributed by atoms with Gasteiger partial charge in [0.05, 0.1) is 0 Å². The summed E-state index contributed by atoms with van der Waals surface area (Å²) >= 11 is 0. The minimum absolute atomic E-state index is 0.580. The average molecular weight is 270 g/mol. The number of aromatic nitrogens is 3. The summed E-state index contributed by atoms with van der Waals surface area (Å²) in [5, 5.41) is 8.04. The second-order valence-corrected chi connectivity index (χ2v) is 5.94. The third-order valence-electron chi connectivity index (χ3n) is 3.73. The minimum atomic E-state index is 0.580. The van der Waals surface area contributed by atoms with Crippen LogP contribution in [0.25, 0.3) is 11.4 Å². The van der Waals surface area contributed by atoms with E-state index in [1.807, 2.05) is 11.7 Å². The van der Waals surface area contributed by atoms with Gasteiger partial charge in [0.25, 0.3) is 0 Å². The molecule has 1 aromatic heterocycles. The van der Waals surface area contributed by atoms with Crippen LogP contribution < -0.4 is 5.32 Å². The molecule has 2 heterocycles. The van der Waals surface area contributed by atoms with Crippen LogP contribution in [-0.4, -0.2) is 21.3 Å². The molecule has 0 aliphatic carbocycles. The molecule has 0 spiro atoms. The van der Waals surface area contributed by atoms with Crippen molar-refractivity contribution in [2.45, 2.75) is 33.1 Å². The van der Waals surface area contributed by atoms with Gasteiger partial charge >= 0.3 is 0 Å². The maximum atomic E-state index is 4.75. The number of hydrogen-bond acceptors (Lipinski definition) is 3. The van der Waals surface area contributed by atoms with Gasteiger partial charge in [-0.3, -0.25) is 0 Å². The Morgan fingerprint density at radius 3 is 3.00 bits per heavy atom. The van der Waals surface area contributed by atoms with E-state index >= 15 is 0 Å². The highest BCUT2D eigenvalue weighted by Gasteiger charge is 2.18. The molecule has 1 aliphatic rings. The van der Waals surface area contributed by atoms with E-state index in [0.717, 1.165) is 31.0 Å². The van der Waals surface area contributed by atoms with Crippen LogP contribution in [-0.2, 0) is 19.9 Å². The first-order valence-electron chi connectivity index (χ1n) is 7.41. The van der Waals surface area contributed by atoms with Gasteiger partial charge in [0.2, 0.25) is 0 Å². The lowest BCUT2D eigenvalue weighted by Gasteiger charge is -2.20. The topological polar surface area (TPSA) is 42.7 Å². The second-order valence-electron chi connectivity index (χ2n) is 5.94. The monoisotopic (exact) mass is 270 g/mol. The number of aryl methyl sites for hydroxylation is 1. The molecule has 0 atom stereocenters. The van der Waals surface area contributed by atoms with Crippen molar-refractivity contribution in [1.29, 1.82) is 0 Å². The molecule has 4 nitrogen and oxygen atoms in total. The van der Waals surface area contributed by atoms with Crippen LogP contribution >= 0.6 is 0 Å². The van der Waals surface area contributed by atoms with Gasteiger partial charge in [0.15, 0.2) is 11.6 Å². The van der Waals surface area contributed by atoms with Crippen molar-refractivity contribution in [2.24, 2.45) is 13.0 Å². The van der Waals surface area contributed by atoms with Gasteiger partial charge in [0, 0.05) is 31.3 Å². The summed E-state index contributed by atoms with van der Waals surface area (Å²) in [5.74, 6) is 2.51. The van der Waals surface area contributed by atoms with Crippen molar-refractivity contribution in [2.75, 3.05) is 11.9 Å². The molecule has 0 fully saturated rings. The molecule has 0 saturated carbocycles. The molecule has 0 unspecified atom stereocenters. The maximum absolute atomic E-state index is 4.75. The predicted octanol–water partition coefficient (Wildman–Crippen LogP) is 3.04. The van der Waals surface area contributed by atoms with Crippen molar-refractivity contribution in [3.63, 3.8) is 0 Å². The number of fused-ring (bicyclic) bond motifs is 1. The van der Waals surface area contributed by atoms with Gasteiger partial charge in [-0.15, -0.1) is 0 Å². The third-order valence-corrected chi connectivity index (χ3v) is 3.73. The molecule has 0 amide bonds. The summed E-state index contributed by atoms with van der Waals surface area (Å²) in [6, 6.07) is 6.42. The fourth-order valence-electron chi connectivity index (χ4n) is 2.84. The Kier molecular flexibility index (Phi) is 3.47. The van der Waals surface area contributed by atoms with E-state index in [9.17, 15) is 0 Å². The molecule has 4 heteroatoms. The Hall–Kier alpha value is -1.84. The van der Waals surface area contributed by atoms with Crippen molar-refractivity contribution in [3.8, 4) is 11.4 Å². The SMILES string of the molecule is CC(C)Cc1nc(-c2cccc3c2CCCN3)n(C)n1. The highest BCUT2D eigenvalue weighted by atomic mass is 15.3. The zero-order chi connectivity index (χ0) is 14.1. The predicted molar refractivity (Wildman–Crippen MR) is 81.8 cm³/mol. The number of rotatable bonds is 3. The van der Waals surface area contributed by atoms with E-state index in [1.54, 1.807) is 0 Å². The molecule has 20 heavy (non-hydrogen) atoms. The number of hydrogen-bond donors (Lipinski definition) is 1. The summed E-state index contributed by atoms with van der Waals surface area (Å²) in [4.78, 5) is 4.75. The molecule has 106 valence electrons. The van der Waals surface area contributed by atoms with E-state index in [1.165, 1.54) is 23.2 Å². The van der Waals surface area contributed by atoms with Gasteiger partial charge in [-0.2, -0.15) is 5.10 Å². The van der Waals surface area contributed by atoms with Crippen LogP contribution in [0.3, 0.4) is 0 Å². The Labute approximate surface area is 120 Å². The zero-order valence-electron chi connectivity index (χ0n) is 12.5. The average Bonchev–Trinajstić information content (AvgIpc) is 2.78. The molecule has 0 radical (unpaired) electrons. The molecule has 3 rings (SSSR count). The lowest BCUT2D eigenvalue weighted by atomic mass is 9.97. The Bertz CT molecular complexity index is 613. The van der Waals surface area contributed by atoms with E-state index in [0.29, 0.717) is 5.92 Å². The fraction of sp³-hybridized carbons (Fsp3) is 0.500. The summed E-state index contributed by atoms with van der Waals surface area (Å²) in [6.45, 7) is 5.46. The molecule has 2 aromatic rings. The van der Waals surface area contributed by atoms with Crippen LogP contribution in [0, 0.1) is 5.92 Å². The van der Waals surface area contributed by atoms with Crippen molar-refractivity contribution < 1.29 is 0 Å². The first-order chi connectivity index (χ1) is 9.65. The van der Waals surface area contributed by atoms with E-state index in [4.69, 9.17) is 4.98 Å². The Morgan fingerprint density at radius 1 is 1.35 bits per heavy atom. The first-order valence-corrected chi connectivity index (χ1v) is 7.41. The Morgan fingerprint density at radius 2 is 2.20 bits per heavy atom. The highest BCUT2D eigenvalue weighted by Crippen LogP contribution is 2.31. The van der Waals surface area contributed by atoms with E-state index < -0.39 is 0 Å². The zero-order valence-corrected chi connectivity index (χ0v) is 12.5. The summed E-state index contributed by atoms with van der Waals surface area (Å²) in [6.07, 6.45) is 3.23. The molecule has 1 aliphatic heterocycles. The summed E-state index contributed by atoms with van der Waals surface area (Å²) in [5.41, 5.74) is 3.85. The van der Waals surface area contributed by atoms with Gasteiger partial charge < -0.3 is 5.32 Å². The lowest BCUT2D eigenvalue weighted by Crippen LogP contribution is -2.13. The third kappa shape index (κ3) is 2.42. The maximum Gasteiger partial charge on any atom is 0.158 e. The van der Waals surface area contributed by atoms with Gasteiger partial charge in [0.1, 0.15) is 0 Å². The van der Waals surface area contributed by atoms with Gasteiger partial charge in [-0.05, 0) is 30.4 Å². The van der Waals surface area contributed by atoms with Crippen LogP contribution in [0.1, 0.15) is 31.7 Å². The Balaban J connectivity index is 2.03. The van der Waals surface area contributed by atoms with Crippen molar-refractivity contribution in [3.05, 3.63) is 29.6 Å². The standard InChI is InChI=1S/C16H22N4/c1-11(2)10-15-18-16(20(3)19-15)13-6-4-8-14-12(13)7-5-9-17-14/h4,6,8,11,17H,5,7,9-10H2,1-3H3. The normalized spacial score (nSPS) is 14.2. The lowest BCUT2D eigenvalue weighted by molar-refractivity contribution is 0.613. The summed E-state index contributed by atoms with van der Waals surface area (Å²) < 4.78 is 1.92. The van der Waals surface area contributed by atoms with Crippen molar-refractivity contribution >= 4 is 5.69 Å². The fourth-order valence-corrected chi connectivity index (χ4v) is 2.84. The molecule has 1 N–H and O–H groups in total. The summed E-state index contributed by atoms with van der Waals surface area (Å²) in [7, 11) is 1.99. The molecule has 1 aromatic carbocycles. The number of benzene rings is 1. The highest BCUT2D eigenvalue weighted by molar-refractivity contribution is 5.70. The number of nitrogens with one attached hydrogen (secondary N) is 1. The molecule has 0 saturated heterocycles. The van der Waals surface area contributed by atoms with Crippen LogP contribution in [0.15, 0.2) is 18.2 Å². The first kappa shape index (κ1) is 13.2. The second kappa shape index (κ2) is 5.27.